The van der Waals surface area contributed by atoms with Crippen molar-refractivity contribution >= 4 is 5.91 Å². The van der Waals surface area contributed by atoms with Crippen molar-refractivity contribution in [2.75, 3.05) is 13.1 Å². The van der Waals surface area contributed by atoms with Crippen molar-refractivity contribution in [2.24, 2.45) is 17.6 Å². The Balaban J connectivity index is 1.87. The zero-order valence-electron chi connectivity index (χ0n) is 11.0. The highest BCUT2D eigenvalue weighted by Gasteiger charge is 2.32. The molecule has 1 aliphatic heterocycles. The van der Waals surface area contributed by atoms with Crippen LogP contribution in [0.25, 0.3) is 0 Å². The summed E-state index contributed by atoms with van der Waals surface area (Å²) in [7, 11) is 0. The minimum Gasteiger partial charge on any atom is -0.342 e. The molecule has 3 nitrogen and oxygen atoms in total. The van der Waals surface area contributed by atoms with Crippen molar-refractivity contribution in [2.45, 2.75) is 57.9 Å². The van der Waals surface area contributed by atoms with E-state index in [4.69, 9.17) is 5.73 Å². The van der Waals surface area contributed by atoms with E-state index >= 15 is 0 Å². The fourth-order valence-electron chi connectivity index (χ4n) is 3.20. The summed E-state index contributed by atoms with van der Waals surface area (Å²) in [4.78, 5) is 14.5. The number of carbonyl (C=O) groups excluding carboxylic acids is 1. The van der Waals surface area contributed by atoms with Gasteiger partial charge in [-0.15, -0.1) is 0 Å². The van der Waals surface area contributed by atoms with Gasteiger partial charge in [0.05, 0.1) is 0 Å². The van der Waals surface area contributed by atoms with E-state index < -0.39 is 0 Å². The zero-order valence-corrected chi connectivity index (χ0v) is 11.0. The van der Waals surface area contributed by atoms with E-state index in [1.165, 1.54) is 25.7 Å². The van der Waals surface area contributed by atoms with Gasteiger partial charge < -0.3 is 10.6 Å². The van der Waals surface area contributed by atoms with E-state index in [2.05, 4.69) is 11.8 Å². The van der Waals surface area contributed by atoms with Gasteiger partial charge in [-0.1, -0.05) is 25.7 Å². The van der Waals surface area contributed by atoms with Gasteiger partial charge in [-0.3, -0.25) is 4.79 Å². The fourth-order valence-corrected chi connectivity index (χ4v) is 3.20. The van der Waals surface area contributed by atoms with E-state index in [9.17, 15) is 4.79 Å². The number of nitrogens with zero attached hydrogens (tertiary/aromatic N) is 1. The predicted octanol–water partition coefficient (Wildman–Crippen LogP) is 2.15. The van der Waals surface area contributed by atoms with Crippen LogP contribution in [0, 0.1) is 11.8 Å². The number of hydrogen-bond acceptors (Lipinski definition) is 2. The lowest BCUT2D eigenvalue weighted by Gasteiger charge is -2.23. The molecule has 0 bridgehead atoms. The molecule has 0 aromatic rings. The highest BCUT2D eigenvalue weighted by Crippen LogP contribution is 2.27. The average Bonchev–Trinajstić information content (AvgIpc) is 2.65. The first kappa shape index (κ1) is 12.9. The Morgan fingerprint density at radius 2 is 1.82 bits per heavy atom. The van der Waals surface area contributed by atoms with Crippen LogP contribution in [-0.2, 0) is 4.79 Å². The first-order valence-corrected chi connectivity index (χ1v) is 7.23. The summed E-state index contributed by atoms with van der Waals surface area (Å²) < 4.78 is 0. The van der Waals surface area contributed by atoms with Crippen molar-refractivity contribution in [1.82, 2.24) is 4.90 Å². The topological polar surface area (TPSA) is 46.3 Å². The van der Waals surface area contributed by atoms with E-state index in [1.54, 1.807) is 0 Å². The molecule has 2 atom stereocenters. The molecule has 17 heavy (non-hydrogen) atoms. The van der Waals surface area contributed by atoms with Crippen LogP contribution in [-0.4, -0.2) is 29.9 Å². The number of rotatable bonds is 2. The minimum absolute atomic E-state index is 0.224. The second-order valence-corrected chi connectivity index (χ2v) is 5.88. The molecule has 1 aliphatic carbocycles. The van der Waals surface area contributed by atoms with Crippen molar-refractivity contribution in [3.63, 3.8) is 0 Å². The molecule has 0 spiro atoms. The molecular formula is C14H26N2O. The standard InChI is InChI=1S/C14H26N2O/c1-11(15)13-8-9-16(10-13)14(17)12-6-4-2-3-5-7-12/h11-13H,2-10,15H2,1H3. The largest absolute Gasteiger partial charge is 0.342 e. The lowest BCUT2D eigenvalue weighted by Crippen LogP contribution is -2.36. The number of amides is 1. The molecule has 98 valence electrons. The summed E-state index contributed by atoms with van der Waals surface area (Å²) in [5.74, 6) is 1.24. The zero-order chi connectivity index (χ0) is 12.3. The van der Waals surface area contributed by atoms with E-state index in [1.807, 2.05) is 0 Å². The molecule has 1 amide bonds. The Kier molecular flexibility index (Phi) is 4.43. The third-order valence-corrected chi connectivity index (χ3v) is 4.48. The van der Waals surface area contributed by atoms with Crippen LogP contribution in [0.15, 0.2) is 0 Å². The van der Waals surface area contributed by atoms with Gasteiger partial charge >= 0.3 is 0 Å². The van der Waals surface area contributed by atoms with Crippen LogP contribution in [0.5, 0.6) is 0 Å². The summed E-state index contributed by atoms with van der Waals surface area (Å²) in [6, 6.07) is 0.224. The second-order valence-electron chi connectivity index (χ2n) is 5.88. The van der Waals surface area contributed by atoms with Crippen LogP contribution < -0.4 is 5.73 Å². The molecule has 2 N–H and O–H groups in total. The molecule has 2 aliphatic rings. The summed E-state index contributed by atoms with van der Waals surface area (Å²) in [5, 5.41) is 0. The normalized spacial score (nSPS) is 29.1. The molecule has 2 rings (SSSR count). The minimum atomic E-state index is 0.224. The smallest absolute Gasteiger partial charge is 0.225 e. The van der Waals surface area contributed by atoms with Gasteiger partial charge in [-0.05, 0) is 32.1 Å². The van der Waals surface area contributed by atoms with Crippen LogP contribution in [0.4, 0.5) is 0 Å². The lowest BCUT2D eigenvalue weighted by atomic mass is 9.98. The van der Waals surface area contributed by atoms with Crippen molar-refractivity contribution in [1.29, 1.82) is 0 Å². The number of hydrogen-bond donors (Lipinski definition) is 1. The van der Waals surface area contributed by atoms with Crippen LogP contribution >= 0.6 is 0 Å². The highest BCUT2D eigenvalue weighted by molar-refractivity contribution is 5.79. The monoisotopic (exact) mass is 238 g/mol. The molecule has 2 fully saturated rings. The molecule has 0 aromatic carbocycles. The van der Waals surface area contributed by atoms with Crippen LogP contribution in [0.3, 0.4) is 0 Å². The maximum atomic E-state index is 12.4. The van der Waals surface area contributed by atoms with E-state index in [-0.39, 0.29) is 6.04 Å². The van der Waals surface area contributed by atoms with Gasteiger partial charge in [0.2, 0.25) is 5.91 Å². The van der Waals surface area contributed by atoms with Gasteiger partial charge in [-0.25, -0.2) is 0 Å². The first-order chi connectivity index (χ1) is 8.18. The van der Waals surface area contributed by atoms with E-state index in [0.717, 1.165) is 32.4 Å². The molecule has 0 aromatic heterocycles. The molecule has 3 heteroatoms. The second kappa shape index (κ2) is 5.85. The SMILES string of the molecule is CC(N)C1CCN(C(=O)C2CCCCCC2)C1. The number of nitrogens with two attached hydrogens (primary N) is 1. The third kappa shape index (κ3) is 3.21. The van der Waals surface area contributed by atoms with Gasteiger partial charge in [0, 0.05) is 25.0 Å². The molecule has 1 saturated heterocycles. The van der Waals surface area contributed by atoms with Crippen molar-refractivity contribution < 1.29 is 4.79 Å². The maximum absolute atomic E-state index is 12.4. The lowest BCUT2D eigenvalue weighted by molar-refractivity contribution is -0.135. The van der Waals surface area contributed by atoms with Crippen molar-refractivity contribution in [3.8, 4) is 0 Å². The fraction of sp³-hybridized carbons (Fsp3) is 0.929. The molecular weight excluding hydrogens is 212 g/mol. The molecule has 2 unspecified atom stereocenters. The van der Waals surface area contributed by atoms with Crippen molar-refractivity contribution in [3.05, 3.63) is 0 Å². The molecule has 1 heterocycles. The Morgan fingerprint density at radius 3 is 2.35 bits per heavy atom. The maximum Gasteiger partial charge on any atom is 0.225 e. The quantitative estimate of drug-likeness (QED) is 0.749. The predicted molar refractivity (Wildman–Crippen MR) is 69.5 cm³/mol. The van der Waals surface area contributed by atoms with Gasteiger partial charge in [0.15, 0.2) is 0 Å². The Hall–Kier alpha value is -0.570. The summed E-state index contributed by atoms with van der Waals surface area (Å²) >= 11 is 0. The Labute approximate surface area is 105 Å². The van der Waals surface area contributed by atoms with Gasteiger partial charge in [0.1, 0.15) is 0 Å². The van der Waals surface area contributed by atoms with Crippen LogP contribution in [0.2, 0.25) is 0 Å². The average molecular weight is 238 g/mol. The first-order valence-electron chi connectivity index (χ1n) is 7.23. The third-order valence-electron chi connectivity index (χ3n) is 4.48. The van der Waals surface area contributed by atoms with E-state index in [0.29, 0.717) is 17.7 Å². The number of carbonyl (C=O) groups is 1. The van der Waals surface area contributed by atoms with Gasteiger partial charge in [0.25, 0.3) is 0 Å². The summed E-state index contributed by atoms with van der Waals surface area (Å²) in [6.07, 6.45) is 8.41. The number of likely N-dealkylation sites (tertiary alicyclic amines) is 1. The van der Waals surface area contributed by atoms with Gasteiger partial charge in [-0.2, -0.15) is 0 Å². The molecule has 1 saturated carbocycles. The molecule has 0 radical (unpaired) electrons. The van der Waals surface area contributed by atoms with Crippen LogP contribution in [0.1, 0.15) is 51.9 Å². The summed E-state index contributed by atoms with van der Waals surface area (Å²) in [6.45, 7) is 3.89. The summed E-state index contributed by atoms with van der Waals surface area (Å²) in [5.41, 5.74) is 5.93. The Bertz CT molecular complexity index is 257. The Morgan fingerprint density at radius 1 is 1.18 bits per heavy atom. The highest BCUT2D eigenvalue weighted by atomic mass is 16.2.